The molecular weight excluding hydrogens is 296 g/mol. The molecular formula is C15H12BrCl. The Hall–Kier alpha value is -0.790. The maximum absolute atomic E-state index is 6.12. The second-order valence-corrected chi connectivity index (χ2v) is 6.27. The molecule has 0 saturated heterocycles. The van der Waals surface area contributed by atoms with Crippen molar-refractivity contribution >= 4 is 27.5 Å². The summed E-state index contributed by atoms with van der Waals surface area (Å²) in [4.78, 5) is 0. The first-order chi connectivity index (χ1) is 8.01. The van der Waals surface area contributed by atoms with Gasteiger partial charge in [-0.1, -0.05) is 59.6 Å². The van der Waals surface area contributed by atoms with Crippen molar-refractivity contribution in [2.45, 2.75) is 19.3 Å². The zero-order chi connectivity index (χ0) is 12.2. The van der Waals surface area contributed by atoms with Gasteiger partial charge in [-0.25, -0.2) is 0 Å². The summed E-state index contributed by atoms with van der Waals surface area (Å²) < 4.78 is 1.17. The highest BCUT2D eigenvalue weighted by Crippen LogP contribution is 2.51. The topological polar surface area (TPSA) is 0 Å². The van der Waals surface area contributed by atoms with Crippen molar-refractivity contribution < 1.29 is 0 Å². The van der Waals surface area contributed by atoms with E-state index in [4.69, 9.17) is 11.6 Å². The average Bonchev–Trinajstić information content (AvgIpc) is 2.49. The Morgan fingerprint density at radius 1 is 1.06 bits per heavy atom. The lowest BCUT2D eigenvalue weighted by atomic mass is 9.82. The molecule has 2 heteroatoms. The molecule has 0 unspecified atom stereocenters. The SMILES string of the molecule is CC1(C)c2cc(Cl)ccc2-c2cccc(Br)c21. The summed E-state index contributed by atoms with van der Waals surface area (Å²) in [5, 5.41) is 0.806. The molecule has 1 aliphatic carbocycles. The van der Waals surface area contributed by atoms with Crippen molar-refractivity contribution in [3.05, 3.63) is 57.0 Å². The van der Waals surface area contributed by atoms with E-state index in [9.17, 15) is 0 Å². The number of benzene rings is 2. The lowest BCUT2D eigenvalue weighted by Crippen LogP contribution is -2.15. The zero-order valence-electron chi connectivity index (χ0n) is 9.72. The van der Waals surface area contributed by atoms with E-state index in [0.29, 0.717) is 0 Å². The third kappa shape index (κ3) is 1.49. The van der Waals surface area contributed by atoms with E-state index in [-0.39, 0.29) is 5.41 Å². The molecule has 0 aliphatic heterocycles. The molecule has 0 aromatic heterocycles. The van der Waals surface area contributed by atoms with E-state index in [2.05, 4.69) is 60.1 Å². The maximum atomic E-state index is 6.12. The smallest absolute Gasteiger partial charge is 0.0409 e. The van der Waals surface area contributed by atoms with Crippen LogP contribution < -0.4 is 0 Å². The van der Waals surface area contributed by atoms with Crippen LogP contribution in [0.1, 0.15) is 25.0 Å². The predicted octanol–water partition coefficient (Wildman–Crippen LogP) is 5.41. The Bertz CT molecular complexity index is 614. The predicted molar refractivity (Wildman–Crippen MR) is 76.7 cm³/mol. The van der Waals surface area contributed by atoms with Gasteiger partial charge in [0.2, 0.25) is 0 Å². The quantitative estimate of drug-likeness (QED) is 0.610. The van der Waals surface area contributed by atoms with Gasteiger partial charge in [0.1, 0.15) is 0 Å². The van der Waals surface area contributed by atoms with E-state index < -0.39 is 0 Å². The number of hydrogen-bond donors (Lipinski definition) is 0. The molecule has 0 radical (unpaired) electrons. The number of halogens is 2. The van der Waals surface area contributed by atoms with Crippen LogP contribution in [0.2, 0.25) is 5.02 Å². The Balaban J connectivity index is 2.42. The summed E-state index contributed by atoms with van der Waals surface area (Å²) in [6.07, 6.45) is 0. The number of fused-ring (bicyclic) bond motifs is 3. The van der Waals surface area contributed by atoms with Gasteiger partial charge in [0.25, 0.3) is 0 Å². The van der Waals surface area contributed by atoms with Crippen molar-refractivity contribution in [1.29, 1.82) is 0 Å². The molecule has 17 heavy (non-hydrogen) atoms. The van der Waals surface area contributed by atoms with Crippen molar-refractivity contribution in [3.63, 3.8) is 0 Å². The number of rotatable bonds is 0. The molecule has 2 aromatic rings. The molecule has 86 valence electrons. The van der Waals surface area contributed by atoms with E-state index in [1.165, 1.54) is 26.7 Å². The van der Waals surface area contributed by atoms with Gasteiger partial charge in [0.05, 0.1) is 0 Å². The molecule has 2 aromatic carbocycles. The lowest BCUT2D eigenvalue weighted by Gasteiger charge is -2.22. The number of hydrogen-bond acceptors (Lipinski definition) is 0. The fourth-order valence-electron chi connectivity index (χ4n) is 2.79. The second kappa shape index (κ2) is 3.60. The normalized spacial score (nSPS) is 15.5. The van der Waals surface area contributed by atoms with Crippen LogP contribution in [0.5, 0.6) is 0 Å². The van der Waals surface area contributed by atoms with Gasteiger partial charge < -0.3 is 0 Å². The van der Waals surface area contributed by atoms with E-state index in [0.717, 1.165) is 5.02 Å². The molecule has 0 N–H and O–H groups in total. The van der Waals surface area contributed by atoms with Crippen LogP contribution in [-0.4, -0.2) is 0 Å². The van der Waals surface area contributed by atoms with Crippen LogP contribution in [0.3, 0.4) is 0 Å². The molecule has 0 fully saturated rings. The molecule has 0 atom stereocenters. The minimum atomic E-state index is 0.00958. The lowest BCUT2D eigenvalue weighted by molar-refractivity contribution is 0.657. The monoisotopic (exact) mass is 306 g/mol. The minimum Gasteiger partial charge on any atom is -0.0843 e. The Labute approximate surface area is 115 Å². The molecule has 0 bridgehead atoms. The van der Waals surface area contributed by atoms with E-state index in [1.807, 2.05) is 6.07 Å². The van der Waals surface area contributed by atoms with Gasteiger partial charge in [-0.3, -0.25) is 0 Å². The Kier molecular flexibility index (Phi) is 2.39. The average molecular weight is 308 g/mol. The van der Waals surface area contributed by atoms with Crippen LogP contribution in [0, 0.1) is 0 Å². The summed E-state index contributed by atoms with van der Waals surface area (Å²) >= 11 is 9.79. The second-order valence-electron chi connectivity index (χ2n) is 4.98. The highest BCUT2D eigenvalue weighted by Gasteiger charge is 2.36. The summed E-state index contributed by atoms with van der Waals surface area (Å²) in [5.41, 5.74) is 5.30. The molecule has 0 spiro atoms. The fraction of sp³-hybridized carbons (Fsp3) is 0.200. The summed E-state index contributed by atoms with van der Waals surface area (Å²) in [6.45, 7) is 4.50. The van der Waals surface area contributed by atoms with Gasteiger partial charge in [-0.05, 0) is 40.5 Å². The van der Waals surface area contributed by atoms with Crippen molar-refractivity contribution in [2.24, 2.45) is 0 Å². The minimum absolute atomic E-state index is 0.00958. The van der Waals surface area contributed by atoms with Gasteiger partial charge >= 0.3 is 0 Å². The molecule has 0 amide bonds. The van der Waals surface area contributed by atoms with Gasteiger partial charge in [0, 0.05) is 14.9 Å². The first-order valence-electron chi connectivity index (χ1n) is 5.61. The Morgan fingerprint density at radius 2 is 1.82 bits per heavy atom. The molecule has 0 heterocycles. The summed E-state index contributed by atoms with van der Waals surface area (Å²) in [7, 11) is 0. The van der Waals surface area contributed by atoms with Crippen molar-refractivity contribution in [2.75, 3.05) is 0 Å². The van der Waals surface area contributed by atoms with E-state index in [1.54, 1.807) is 0 Å². The van der Waals surface area contributed by atoms with Gasteiger partial charge in [-0.2, -0.15) is 0 Å². The van der Waals surface area contributed by atoms with E-state index >= 15 is 0 Å². The molecule has 0 nitrogen and oxygen atoms in total. The first kappa shape index (κ1) is 11.3. The molecule has 1 aliphatic rings. The maximum Gasteiger partial charge on any atom is 0.0409 e. The van der Waals surface area contributed by atoms with Crippen molar-refractivity contribution in [1.82, 2.24) is 0 Å². The van der Waals surface area contributed by atoms with Crippen LogP contribution >= 0.6 is 27.5 Å². The van der Waals surface area contributed by atoms with Crippen LogP contribution in [-0.2, 0) is 5.41 Å². The standard InChI is InChI=1S/C15H12BrCl/c1-15(2)12-8-9(17)6-7-10(12)11-4-3-5-13(16)14(11)15/h3-8H,1-2H3. The van der Waals surface area contributed by atoms with Crippen LogP contribution in [0.25, 0.3) is 11.1 Å². The zero-order valence-corrected chi connectivity index (χ0v) is 12.1. The van der Waals surface area contributed by atoms with Crippen LogP contribution in [0.4, 0.5) is 0 Å². The van der Waals surface area contributed by atoms with Crippen LogP contribution in [0.15, 0.2) is 40.9 Å². The summed E-state index contributed by atoms with van der Waals surface area (Å²) in [6, 6.07) is 12.5. The van der Waals surface area contributed by atoms with Gasteiger partial charge in [0.15, 0.2) is 0 Å². The largest absolute Gasteiger partial charge is 0.0843 e. The molecule has 0 saturated carbocycles. The highest BCUT2D eigenvalue weighted by atomic mass is 79.9. The fourth-order valence-corrected chi connectivity index (χ4v) is 3.82. The third-order valence-corrected chi connectivity index (χ3v) is 4.48. The highest BCUT2D eigenvalue weighted by molar-refractivity contribution is 9.10. The first-order valence-corrected chi connectivity index (χ1v) is 6.78. The summed E-state index contributed by atoms with van der Waals surface area (Å²) in [5.74, 6) is 0. The Morgan fingerprint density at radius 3 is 2.59 bits per heavy atom. The third-order valence-electron chi connectivity index (χ3n) is 3.58. The molecule has 3 rings (SSSR count). The van der Waals surface area contributed by atoms with Gasteiger partial charge in [-0.15, -0.1) is 0 Å². The van der Waals surface area contributed by atoms with Crippen molar-refractivity contribution in [3.8, 4) is 11.1 Å².